The van der Waals surface area contributed by atoms with Crippen LogP contribution in [0.5, 0.6) is 11.5 Å². The van der Waals surface area contributed by atoms with Gasteiger partial charge in [-0.1, -0.05) is 30.8 Å². The van der Waals surface area contributed by atoms with Crippen molar-refractivity contribution in [2.45, 2.75) is 25.4 Å². The van der Waals surface area contributed by atoms with Gasteiger partial charge in [0.15, 0.2) is 11.5 Å². The summed E-state index contributed by atoms with van der Waals surface area (Å²) in [6.45, 7) is 6.16. The van der Waals surface area contributed by atoms with Crippen LogP contribution in [0, 0.1) is 0 Å². The number of ether oxygens (including phenoxy) is 2. The molecular formula is C23H24N2O4. The highest BCUT2D eigenvalue weighted by atomic mass is 16.5. The molecule has 6 heteroatoms. The van der Waals surface area contributed by atoms with E-state index in [1.807, 2.05) is 49.4 Å². The molecule has 1 aliphatic heterocycles. The Hall–Kier alpha value is -3.25. The Bertz CT molecular complexity index is 1090. The number of fused-ring (bicyclic) bond motifs is 3. The van der Waals surface area contributed by atoms with Crippen molar-refractivity contribution in [2.75, 3.05) is 13.7 Å². The normalized spacial score (nSPS) is 18.3. The maximum atomic E-state index is 11.8. The molecule has 2 aromatic carbocycles. The molecule has 0 spiro atoms. The first-order valence-electron chi connectivity index (χ1n) is 9.51. The van der Waals surface area contributed by atoms with Crippen LogP contribution < -0.4 is 14.8 Å². The number of aliphatic carboxylic acids is 1. The molecule has 0 fully saturated rings. The molecule has 29 heavy (non-hydrogen) atoms. The second-order valence-corrected chi connectivity index (χ2v) is 7.41. The van der Waals surface area contributed by atoms with Crippen LogP contribution in [0.4, 0.5) is 0 Å². The number of para-hydroxylation sites is 1. The molecule has 0 saturated carbocycles. The van der Waals surface area contributed by atoms with E-state index in [9.17, 15) is 9.90 Å². The summed E-state index contributed by atoms with van der Waals surface area (Å²) in [4.78, 5) is 15.3. The van der Waals surface area contributed by atoms with E-state index in [2.05, 4.69) is 16.9 Å². The number of nitrogens with one attached hydrogen (secondary N) is 2. The summed E-state index contributed by atoms with van der Waals surface area (Å²) in [6, 6.07) is 12.7. The largest absolute Gasteiger partial charge is 0.493 e. The second-order valence-electron chi connectivity index (χ2n) is 7.41. The molecule has 1 aromatic heterocycles. The second kappa shape index (κ2) is 7.64. The van der Waals surface area contributed by atoms with E-state index in [1.54, 1.807) is 7.11 Å². The molecule has 0 amide bonds. The standard InChI is InChI=1S/C23H24N2O4/c1-13(2)12-29-19-9-8-14(10-20(19)28-3)21-22-16(11-18(25-21)23(26)27)15-6-4-5-7-17(15)24-22/h4-10,18,21,24-25H,1,11-12H2,2-3H3,(H,26,27)/t18-,21?/m0/s1. The van der Waals surface area contributed by atoms with Crippen molar-refractivity contribution in [1.29, 1.82) is 0 Å². The van der Waals surface area contributed by atoms with Crippen LogP contribution in [0.2, 0.25) is 0 Å². The highest BCUT2D eigenvalue weighted by Crippen LogP contribution is 2.38. The van der Waals surface area contributed by atoms with Crippen molar-refractivity contribution in [3.05, 3.63) is 71.4 Å². The molecule has 3 N–H and O–H groups in total. The van der Waals surface area contributed by atoms with Crippen LogP contribution in [0.1, 0.15) is 29.8 Å². The van der Waals surface area contributed by atoms with Gasteiger partial charge < -0.3 is 19.6 Å². The molecule has 0 bridgehead atoms. The van der Waals surface area contributed by atoms with E-state index >= 15 is 0 Å². The van der Waals surface area contributed by atoms with Gasteiger partial charge in [-0.05, 0) is 41.8 Å². The molecule has 0 radical (unpaired) electrons. The van der Waals surface area contributed by atoms with Crippen molar-refractivity contribution < 1.29 is 19.4 Å². The van der Waals surface area contributed by atoms with E-state index in [-0.39, 0.29) is 6.04 Å². The van der Waals surface area contributed by atoms with E-state index < -0.39 is 12.0 Å². The van der Waals surface area contributed by atoms with Crippen molar-refractivity contribution in [1.82, 2.24) is 10.3 Å². The Balaban J connectivity index is 1.77. The fraction of sp³-hybridized carbons (Fsp3) is 0.261. The molecule has 1 aliphatic rings. The van der Waals surface area contributed by atoms with Crippen molar-refractivity contribution in [2.24, 2.45) is 0 Å². The molecule has 3 aromatic rings. The third-order valence-electron chi connectivity index (χ3n) is 5.20. The number of methoxy groups -OCH3 is 1. The van der Waals surface area contributed by atoms with Gasteiger partial charge in [-0.2, -0.15) is 0 Å². The lowest BCUT2D eigenvalue weighted by atomic mass is 9.90. The van der Waals surface area contributed by atoms with E-state index in [1.165, 1.54) is 0 Å². The lowest BCUT2D eigenvalue weighted by Gasteiger charge is -2.30. The van der Waals surface area contributed by atoms with Gasteiger partial charge in [0.1, 0.15) is 12.6 Å². The van der Waals surface area contributed by atoms with Gasteiger partial charge in [0.05, 0.1) is 13.2 Å². The third kappa shape index (κ3) is 3.59. The monoisotopic (exact) mass is 392 g/mol. The zero-order valence-electron chi connectivity index (χ0n) is 16.5. The zero-order valence-corrected chi connectivity index (χ0v) is 16.5. The van der Waals surface area contributed by atoms with Crippen molar-refractivity contribution in [3.8, 4) is 11.5 Å². The van der Waals surface area contributed by atoms with Crippen LogP contribution in [0.25, 0.3) is 10.9 Å². The van der Waals surface area contributed by atoms with E-state index in [0.29, 0.717) is 24.5 Å². The topological polar surface area (TPSA) is 83.6 Å². The van der Waals surface area contributed by atoms with Crippen LogP contribution in [0.15, 0.2) is 54.6 Å². The summed E-state index contributed by atoms with van der Waals surface area (Å²) in [7, 11) is 1.59. The van der Waals surface area contributed by atoms with Gasteiger partial charge in [0.25, 0.3) is 0 Å². The average Bonchev–Trinajstić information content (AvgIpc) is 3.10. The number of aromatic amines is 1. The molecule has 2 heterocycles. The maximum Gasteiger partial charge on any atom is 0.321 e. The summed E-state index contributed by atoms with van der Waals surface area (Å²) in [5.74, 6) is 0.363. The Kier molecular flexibility index (Phi) is 5.03. The summed E-state index contributed by atoms with van der Waals surface area (Å²) in [6.07, 6.45) is 0.433. The first-order chi connectivity index (χ1) is 14.0. The van der Waals surface area contributed by atoms with E-state index in [4.69, 9.17) is 9.47 Å². The third-order valence-corrected chi connectivity index (χ3v) is 5.20. The minimum absolute atomic E-state index is 0.295. The number of hydrogen-bond acceptors (Lipinski definition) is 4. The lowest BCUT2D eigenvalue weighted by molar-refractivity contribution is -0.139. The van der Waals surface area contributed by atoms with Crippen molar-refractivity contribution >= 4 is 16.9 Å². The molecule has 2 atom stereocenters. The maximum absolute atomic E-state index is 11.8. The Morgan fingerprint density at radius 3 is 2.76 bits per heavy atom. The van der Waals surface area contributed by atoms with Crippen LogP contribution in [-0.4, -0.2) is 35.8 Å². The van der Waals surface area contributed by atoms with Gasteiger partial charge in [0, 0.05) is 23.0 Å². The number of carboxylic acid groups (broad SMARTS) is 1. The van der Waals surface area contributed by atoms with Gasteiger partial charge in [-0.3, -0.25) is 10.1 Å². The number of hydrogen-bond donors (Lipinski definition) is 3. The fourth-order valence-corrected chi connectivity index (χ4v) is 3.84. The molecular weight excluding hydrogens is 368 g/mol. The predicted molar refractivity (Wildman–Crippen MR) is 112 cm³/mol. The first-order valence-corrected chi connectivity index (χ1v) is 9.51. The minimum atomic E-state index is -0.862. The number of rotatable bonds is 6. The Morgan fingerprint density at radius 2 is 2.03 bits per heavy atom. The van der Waals surface area contributed by atoms with Crippen LogP contribution >= 0.6 is 0 Å². The highest BCUT2D eigenvalue weighted by molar-refractivity contribution is 5.87. The Labute approximate surface area is 169 Å². The van der Waals surface area contributed by atoms with Crippen LogP contribution in [-0.2, 0) is 11.2 Å². The van der Waals surface area contributed by atoms with Crippen LogP contribution in [0.3, 0.4) is 0 Å². The molecule has 4 rings (SSSR count). The zero-order chi connectivity index (χ0) is 20.5. The summed E-state index contributed by atoms with van der Waals surface area (Å²) >= 11 is 0. The molecule has 150 valence electrons. The average molecular weight is 392 g/mol. The van der Waals surface area contributed by atoms with Gasteiger partial charge in [-0.25, -0.2) is 0 Å². The number of carbonyl (C=O) groups is 1. The highest BCUT2D eigenvalue weighted by Gasteiger charge is 2.34. The van der Waals surface area contributed by atoms with Gasteiger partial charge in [0.2, 0.25) is 0 Å². The molecule has 0 saturated heterocycles. The Morgan fingerprint density at radius 1 is 1.24 bits per heavy atom. The lowest BCUT2D eigenvalue weighted by Crippen LogP contribution is -2.44. The van der Waals surface area contributed by atoms with Gasteiger partial charge >= 0.3 is 5.97 Å². The molecule has 0 aliphatic carbocycles. The predicted octanol–water partition coefficient (Wildman–Crippen LogP) is 3.82. The summed E-state index contributed by atoms with van der Waals surface area (Å²) in [5.41, 5.74) is 4.85. The van der Waals surface area contributed by atoms with Gasteiger partial charge in [-0.15, -0.1) is 0 Å². The number of benzene rings is 2. The summed E-state index contributed by atoms with van der Waals surface area (Å²) < 4.78 is 11.3. The summed E-state index contributed by atoms with van der Waals surface area (Å²) in [5, 5.41) is 14.0. The fourth-order valence-electron chi connectivity index (χ4n) is 3.84. The van der Waals surface area contributed by atoms with Crippen molar-refractivity contribution in [3.63, 3.8) is 0 Å². The smallest absolute Gasteiger partial charge is 0.321 e. The SMILES string of the molecule is C=C(C)COc1ccc(C2N[C@H](C(=O)O)Cc3c2[nH]c2ccccc32)cc1OC. The quantitative estimate of drug-likeness (QED) is 0.556. The first kappa shape index (κ1) is 19.1. The number of aromatic nitrogens is 1. The number of H-pyrrole nitrogens is 1. The molecule has 1 unspecified atom stereocenters. The van der Waals surface area contributed by atoms with E-state index in [0.717, 1.165) is 33.3 Å². The minimum Gasteiger partial charge on any atom is -0.493 e. The number of carboxylic acids is 1. The molecule has 6 nitrogen and oxygen atoms in total.